The van der Waals surface area contributed by atoms with E-state index >= 15 is 0 Å². The normalized spacial score (nSPS) is 19.2. The molecule has 1 aliphatic rings. The van der Waals surface area contributed by atoms with Gasteiger partial charge in [0.05, 0.1) is 11.6 Å². The third-order valence-electron chi connectivity index (χ3n) is 2.70. The number of carboxylic acid groups (broad SMARTS) is 1. The number of urea groups is 1. The zero-order chi connectivity index (χ0) is 13.3. The van der Waals surface area contributed by atoms with E-state index in [4.69, 9.17) is 5.11 Å². The first-order chi connectivity index (χ1) is 8.49. The quantitative estimate of drug-likeness (QED) is 0.745. The van der Waals surface area contributed by atoms with Crippen molar-refractivity contribution >= 4 is 12.0 Å². The molecule has 0 radical (unpaired) electrons. The summed E-state index contributed by atoms with van der Waals surface area (Å²) in [5.74, 6) is -1.55. The predicted octanol–water partition coefficient (Wildman–Crippen LogP) is 1.54. The maximum atomic E-state index is 12.8. The van der Waals surface area contributed by atoms with Crippen LogP contribution in [0.15, 0.2) is 35.5 Å². The van der Waals surface area contributed by atoms with Crippen LogP contribution in [0.3, 0.4) is 0 Å². The van der Waals surface area contributed by atoms with Crippen molar-refractivity contribution in [2.24, 2.45) is 0 Å². The van der Waals surface area contributed by atoms with E-state index in [9.17, 15) is 14.0 Å². The number of carboxylic acids is 1. The summed E-state index contributed by atoms with van der Waals surface area (Å²) in [6.45, 7) is 1.51. The summed E-state index contributed by atoms with van der Waals surface area (Å²) in [6.07, 6.45) is 0. The van der Waals surface area contributed by atoms with Gasteiger partial charge in [-0.2, -0.15) is 0 Å². The van der Waals surface area contributed by atoms with Gasteiger partial charge in [-0.25, -0.2) is 14.0 Å². The molecule has 0 bridgehead atoms. The van der Waals surface area contributed by atoms with Crippen molar-refractivity contribution in [2.75, 3.05) is 0 Å². The standard InChI is InChI=1S/C12H11FN2O3/c1-6-9(11(16)17)10(15-12(18)14-6)7-2-4-8(13)5-3-7/h2-5,10H,1H3,(H,16,17)(H2,14,15,18)/t10-/m1/s1. The Labute approximate surface area is 102 Å². The van der Waals surface area contributed by atoms with E-state index in [1.165, 1.54) is 31.2 Å². The minimum atomic E-state index is -1.13. The molecule has 6 heteroatoms. The second kappa shape index (κ2) is 4.48. The smallest absolute Gasteiger partial charge is 0.335 e. The number of rotatable bonds is 2. The highest BCUT2D eigenvalue weighted by atomic mass is 19.1. The minimum absolute atomic E-state index is 0.0428. The molecule has 2 amide bonds. The second-order valence-corrected chi connectivity index (χ2v) is 3.93. The average molecular weight is 250 g/mol. The Kier molecular flexibility index (Phi) is 3.01. The molecule has 1 aliphatic heterocycles. The van der Waals surface area contributed by atoms with E-state index in [1.807, 2.05) is 0 Å². The van der Waals surface area contributed by atoms with E-state index in [0.29, 0.717) is 5.56 Å². The summed E-state index contributed by atoms with van der Waals surface area (Å²) in [7, 11) is 0. The number of carbonyl (C=O) groups is 2. The van der Waals surface area contributed by atoms with Gasteiger partial charge >= 0.3 is 12.0 Å². The van der Waals surface area contributed by atoms with E-state index < -0.39 is 23.9 Å². The van der Waals surface area contributed by atoms with Gasteiger partial charge in [0.2, 0.25) is 0 Å². The van der Waals surface area contributed by atoms with Gasteiger partial charge in [0.1, 0.15) is 5.82 Å². The van der Waals surface area contributed by atoms with Gasteiger partial charge < -0.3 is 15.7 Å². The first-order valence-electron chi connectivity index (χ1n) is 5.26. The SMILES string of the molecule is CC1=C(C(=O)O)[C@@H](c2ccc(F)cc2)NC(=O)N1. The topological polar surface area (TPSA) is 78.4 Å². The molecule has 5 nitrogen and oxygen atoms in total. The molecule has 94 valence electrons. The third kappa shape index (κ3) is 2.17. The lowest BCUT2D eigenvalue weighted by Crippen LogP contribution is -2.45. The van der Waals surface area contributed by atoms with E-state index in [-0.39, 0.29) is 11.3 Å². The van der Waals surface area contributed by atoms with Crippen molar-refractivity contribution in [3.63, 3.8) is 0 Å². The Bertz CT molecular complexity index is 537. The van der Waals surface area contributed by atoms with Crippen LogP contribution in [0.25, 0.3) is 0 Å². The molecule has 1 atom stereocenters. The average Bonchev–Trinajstić information content (AvgIpc) is 2.28. The van der Waals surface area contributed by atoms with Crippen LogP contribution in [-0.2, 0) is 4.79 Å². The number of carbonyl (C=O) groups excluding carboxylic acids is 1. The lowest BCUT2D eigenvalue weighted by atomic mass is 9.96. The molecule has 0 saturated carbocycles. The molecule has 1 aromatic carbocycles. The molecule has 1 heterocycles. The van der Waals surface area contributed by atoms with Crippen molar-refractivity contribution in [3.8, 4) is 0 Å². The lowest BCUT2D eigenvalue weighted by Gasteiger charge is -2.27. The third-order valence-corrected chi connectivity index (χ3v) is 2.70. The maximum Gasteiger partial charge on any atom is 0.335 e. The molecule has 0 saturated heterocycles. The van der Waals surface area contributed by atoms with Gasteiger partial charge in [-0.15, -0.1) is 0 Å². The molecule has 0 aliphatic carbocycles. The Morgan fingerprint density at radius 2 is 1.94 bits per heavy atom. The predicted molar refractivity (Wildman–Crippen MR) is 61.1 cm³/mol. The highest BCUT2D eigenvalue weighted by Gasteiger charge is 2.30. The van der Waals surface area contributed by atoms with Crippen molar-refractivity contribution in [1.29, 1.82) is 0 Å². The number of benzene rings is 1. The van der Waals surface area contributed by atoms with Crippen LogP contribution in [0.5, 0.6) is 0 Å². The number of nitrogens with one attached hydrogen (secondary N) is 2. The van der Waals surface area contributed by atoms with Gasteiger partial charge in [-0.3, -0.25) is 0 Å². The monoisotopic (exact) mass is 250 g/mol. The van der Waals surface area contributed by atoms with Crippen molar-refractivity contribution in [2.45, 2.75) is 13.0 Å². The molecule has 18 heavy (non-hydrogen) atoms. The zero-order valence-electron chi connectivity index (χ0n) is 9.53. The summed E-state index contributed by atoms with van der Waals surface area (Å²) >= 11 is 0. The summed E-state index contributed by atoms with van der Waals surface area (Å²) < 4.78 is 12.8. The van der Waals surface area contributed by atoms with Crippen molar-refractivity contribution in [3.05, 3.63) is 46.9 Å². The number of amides is 2. The van der Waals surface area contributed by atoms with Crippen LogP contribution in [0.2, 0.25) is 0 Å². The Morgan fingerprint density at radius 1 is 1.33 bits per heavy atom. The maximum absolute atomic E-state index is 12.8. The fourth-order valence-electron chi connectivity index (χ4n) is 1.88. The van der Waals surface area contributed by atoms with Gasteiger partial charge in [0.25, 0.3) is 0 Å². The molecular weight excluding hydrogens is 239 g/mol. The van der Waals surface area contributed by atoms with Crippen LogP contribution < -0.4 is 10.6 Å². The van der Waals surface area contributed by atoms with Crippen LogP contribution in [0.4, 0.5) is 9.18 Å². The van der Waals surface area contributed by atoms with Crippen LogP contribution in [0.1, 0.15) is 18.5 Å². The molecule has 3 N–H and O–H groups in total. The van der Waals surface area contributed by atoms with E-state index in [0.717, 1.165) is 0 Å². The summed E-state index contributed by atoms with van der Waals surface area (Å²) in [6, 6.07) is 4.07. The Hall–Kier alpha value is -2.37. The summed E-state index contributed by atoms with van der Waals surface area (Å²) in [5, 5.41) is 14.1. The second-order valence-electron chi connectivity index (χ2n) is 3.93. The molecule has 1 aromatic rings. The highest BCUT2D eigenvalue weighted by Crippen LogP contribution is 2.26. The first kappa shape index (κ1) is 12.1. The molecule has 0 unspecified atom stereocenters. The van der Waals surface area contributed by atoms with Crippen molar-refractivity contribution in [1.82, 2.24) is 10.6 Å². The molecular formula is C12H11FN2O3. The number of halogens is 1. The Morgan fingerprint density at radius 3 is 2.50 bits per heavy atom. The Balaban J connectivity index is 2.46. The lowest BCUT2D eigenvalue weighted by molar-refractivity contribution is -0.133. The van der Waals surface area contributed by atoms with Crippen LogP contribution in [-0.4, -0.2) is 17.1 Å². The van der Waals surface area contributed by atoms with Crippen molar-refractivity contribution < 1.29 is 19.1 Å². The summed E-state index contributed by atoms with van der Waals surface area (Å²) in [4.78, 5) is 22.6. The molecule has 2 rings (SSSR count). The fourth-order valence-corrected chi connectivity index (χ4v) is 1.88. The number of hydrogen-bond acceptors (Lipinski definition) is 2. The van der Waals surface area contributed by atoms with E-state index in [2.05, 4.69) is 10.6 Å². The highest BCUT2D eigenvalue weighted by molar-refractivity contribution is 5.93. The van der Waals surface area contributed by atoms with Crippen LogP contribution in [0, 0.1) is 5.82 Å². The fraction of sp³-hybridized carbons (Fsp3) is 0.167. The van der Waals surface area contributed by atoms with Gasteiger partial charge in [-0.1, -0.05) is 12.1 Å². The number of hydrogen-bond donors (Lipinski definition) is 3. The number of allylic oxidation sites excluding steroid dienone is 1. The molecule has 0 spiro atoms. The zero-order valence-corrected chi connectivity index (χ0v) is 9.53. The first-order valence-corrected chi connectivity index (χ1v) is 5.26. The molecule has 0 aromatic heterocycles. The number of aliphatic carboxylic acids is 1. The molecule has 0 fully saturated rings. The minimum Gasteiger partial charge on any atom is -0.478 e. The van der Waals surface area contributed by atoms with Gasteiger partial charge in [0, 0.05) is 5.70 Å². The van der Waals surface area contributed by atoms with Gasteiger partial charge in [0.15, 0.2) is 0 Å². The summed E-state index contributed by atoms with van der Waals surface area (Å²) in [5.41, 5.74) is 0.838. The van der Waals surface area contributed by atoms with E-state index in [1.54, 1.807) is 0 Å². The van der Waals surface area contributed by atoms with Gasteiger partial charge in [-0.05, 0) is 24.6 Å². The largest absolute Gasteiger partial charge is 0.478 e. The van der Waals surface area contributed by atoms with Crippen LogP contribution >= 0.6 is 0 Å².